The standard InChI is InChI=1S/C14H17N5O2/c1-19-7-6-16-12(19)8-17-13(20)9-18-14(21)10-2-4-11(15)5-3-10/h2-7H,8-9,15H2,1H3,(H,17,20)(H,18,21). The predicted octanol–water partition coefficient (Wildman–Crippen LogP) is 0.0485. The molecule has 0 spiro atoms. The molecule has 4 N–H and O–H groups in total. The van der Waals surface area contributed by atoms with E-state index < -0.39 is 0 Å². The maximum atomic E-state index is 11.8. The molecule has 0 atom stereocenters. The number of nitrogen functional groups attached to an aromatic ring is 1. The van der Waals surface area contributed by atoms with E-state index in [4.69, 9.17) is 5.73 Å². The zero-order valence-electron chi connectivity index (χ0n) is 11.7. The molecule has 1 heterocycles. The van der Waals surface area contributed by atoms with Crippen molar-refractivity contribution in [3.8, 4) is 0 Å². The van der Waals surface area contributed by atoms with Crippen LogP contribution in [0.1, 0.15) is 16.2 Å². The molecule has 0 aliphatic heterocycles. The van der Waals surface area contributed by atoms with Crippen LogP contribution < -0.4 is 16.4 Å². The van der Waals surface area contributed by atoms with E-state index in [2.05, 4.69) is 15.6 Å². The summed E-state index contributed by atoms with van der Waals surface area (Å²) < 4.78 is 1.81. The Morgan fingerprint density at radius 3 is 2.57 bits per heavy atom. The highest BCUT2D eigenvalue weighted by molar-refractivity contribution is 5.96. The summed E-state index contributed by atoms with van der Waals surface area (Å²) >= 11 is 0. The van der Waals surface area contributed by atoms with Crippen LogP contribution in [0.25, 0.3) is 0 Å². The van der Waals surface area contributed by atoms with Crippen molar-refractivity contribution in [2.24, 2.45) is 7.05 Å². The molecule has 0 saturated heterocycles. The number of imidazole rings is 1. The van der Waals surface area contributed by atoms with E-state index in [1.807, 2.05) is 11.6 Å². The molecule has 7 heteroatoms. The van der Waals surface area contributed by atoms with Crippen molar-refractivity contribution in [2.75, 3.05) is 12.3 Å². The van der Waals surface area contributed by atoms with Gasteiger partial charge in [-0.2, -0.15) is 0 Å². The number of rotatable bonds is 5. The third-order valence-corrected chi connectivity index (χ3v) is 2.95. The summed E-state index contributed by atoms with van der Waals surface area (Å²) in [4.78, 5) is 27.5. The Balaban J connectivity index is 1.77. The van der Waals surface area contributed by atoms with Crippen molar-refractivity contribution in [2.45, 2.75) is 6.54 Å². The van der Waals surface area contributed by atoms with Crippen LogP contribution in [-0.4, -0.2) is 27.9 Å². The molecule has 0 bridgehead atoms. The van der Waals surface area contributed by atoms with Gasteiger partial charge in [0.25, 0.3) is 5.91 Å². The van der Waals surface area contributed by atoms with E-state index in [9.17, 15) is 9.59 Å². The summed E-state index contributed by atoms with van der Waals surface area (Å²) in [6.07, 6.45) is 3.45. The van der Waals surface area contributed by atoms with E-state index in [-0.39, 0.29) is 18.4 Å². The fraction of sp³-hybridized carbons (Fsp3) is 0.214. The lowest BCUT2D eigenvalue weighted by Crippen LogP contribution is -2.37. The van der Waals surface area contributed by atoms with Crippen molar-refractivity contribution in [1.29, 1.82) is 0 Å². The van der Waals surface area contributed by atoms with Gasteiger partial charge in [0.2, 0.25) is 5.91 Å². The molecule has 1 aromatic carbocycles. The lowest BCUT2D eigenvalue weighted by Gasteiger charge is -2.07. The topological polar surface area (TPSA) is 102 Å². The van der Waals surface area contributed by atoms with Crippen molar-refractivity contribution >= 4 is 17.5 Å². The Kier molecular flexibility index (Phi) is 4.55. The number of hydrogen-bond acceptors (Lipinski definition) is 4. The Labute approximate surface area is 122 Å². The van der Waals surface area contributed by atoms with Gasteiger partial charge in [0.1, 0.15) is 5.82 Å². The van der Waals surface area contributed by atoms with Gasteiger partial charge in [0.05, 0.1) is 13.1 Å². The Morgan fingerprint density at radius 2 is 1.95 bits per heavy atom. The number of carbonyl (C=O) groups excluding carboxylic acids is 2. The largest absolute Gasteiger partial charge is 0.399 e. The minimum atomic E-state index is -0.317. The second-order valence-electron chi connectivity index (χ2n) is 4.54. The lowest BCUT2D eigenvalue weighted by atomic mass is 10.2. The van der Waals surface area contributed by atoms with Crippen LogP contribution in [0.15, 0.2) is 36.7 Å². The smallest absolute Gasteiger partial charge is 0.251 e. The second-order valence-corrected chi connectivity index (χ2v) is 4.54. The fourth-order valence-corrected chi connectivity index (χ4v) is 1.70. The SMILES string of the molecule is Cn1ccnc1CNC(=O)CNC(=O)c1ccc(N)cc1. The van der Waals surface area contributed by atoms with Crippen LogP contribution in [0.4, 0.5) is 5.69 Å². The lowest BCUT2D eigenvalue weighted by molar-refractivity contribution is -0.120. The molecule has 7 nitrogen and oxygen atoms in total. The number of aryl methyl sites for hydroxylation is 1. The first-order valence-electron chi connectivity index (χ1n) is 6.43. The number of carbonyl (C=O) groups is 2. The summed E-state index contributed by atoms with van der Waals surface area (Å²) in [5, 5.41) is 5.23. The molecule has 1 aromatic heterocycles. The van der Waals surface area contributed by atoms with Gasteiger partial charge in [-0.1, -0.05) is 0 Å². The summed E-state index contributed by atoms with van der Waals surface area (Å²) in [5.41, 5.74) is 6.59. The van der Waals surface area contributed by atoms with Crippen LogP contribution in [-0.2, 0) is 18.4 Å². The Hall–Kier alpha value is -2.83. The van der Waals surface area contributed by atoms with E-state index in [0.717, 1.165) is 5.82 Å². The Bertz CT molecular complexity index is 633. The quantitative estimate of drug-likeness (QED) is 0.676. The van der Waals surface area contributed by atoms with Gasteiger partial charge >= 0.3 is 0 Å². The zero-order valence-corrected chi connectivity index (χ0v) is 11.7. The summed E-state index contributed by atoms with van der Waals surface area (Å²) in [6.45, 7) is 0.230. The molecule has 2 aromatic rings. The van der Waals surface area contributed by atoms with Crippen molar-refractivity contribution in [1.82, 2.24) is 20.2 Å². The van der Waals surface area contributed by atoms with Gasteiger partial charge in [-0.15, -0.1) is 0 Å². The third-order valence-electron chi connectivity index (χ3n) is 2.95. The maximum absolute atomic E-state index is 11.8. The minimum Gasteiger partial charge on any atom is -0.399 e. The van der Waals surface area contributed by atoms with E-state index >= 15 is 0 Å². The molecular weight excluding hydrogens is 270 g/mol. The van der Waals surface area contributed by atoms with Crippen molar-refractivity contribution < 1.29 is 9.59 Å². The van der Waals surface area contributed by atoms with Gasteiger partial charge in [-0.05, 0) is 24.3 Å². The van der Waals surface area contributed by atoms with Gasteiger partial charge in [0.15, 0.2) is 0 Å². The van der Waals surface area contributed by atoms with Crippen LogP contribution in [0.5, 0.6) is 0 Å². The normalized spacial score (nSPS) is 10.1. The number of anilines is 1. The number of nitrogens with zero attached hydrogens (tertiary/aromatic N) is 2. The van der Waals surface area contributed by atoms with Crippen LogP contribution in [0.2, 0.25) is 0 Å². The summed E-state index contributed by atoms with van der Waals surface area (Å²) in [6, 6.07) is 6.49. The number of benzene rings is 1. The molecule has 0 unspecified atom stereocenters. The van der Waals surface area contributed by atoms with Crippen molar-refractivity contribution in [3.05, 3.63) is 48.0 Å². The van der Waals surface area contributed by atoms with Crippen LogP contribution in [0.3, 0.4) is 0 Å². The fourth-order valence-electron chi connectivity index (χ4n) is 1.70. The summed E-state index contributed by atoms with van der Waals surface area (Å²) in [7, 11) is 1.84. The van der Waals surface area contributed by atoms with Gasteiger partial charge in [0, 0.05) is 30.7 Å². The number of hydrogen-bond donors (Lipinski definition) is 3. The molecule has 0 aliphatic carbocycles. The molecular formula is C14H17N5O2. The molecule has 110 valence electrons. The van der Waals surface area contributed by atoms with Crippen LogP contribution in [0, 0.1) is 0 Å². The number of amides is 2. The average Bonchev–Trinajstić information content (AvgIpc) is 2.88. The third kappa shape index (κ3) is 4.07. The summed E-state index contributed by atoms with van der Waals surface area (Å²) in [5.74, 6) is 0.150. The highest BCUT2D eigenvalue weighted by atomic mass is 16.2. The molecule has 0 fully saturated rings. The van der Waals surface area contributed by atoms with E-state index in [1.165, 1.54) is 0 Å². The average molecular weight is 287 g/mol. The molecule has 0 radical (unpaired) electrons. The van der Waals surface area contributed by atoms with Gasteiger partial charge in [-0.3, -0.25) is 9.59 Å². The second kappa shape index (κ2) is 6.56. The molecule has 0 saturated carbocycles. The first-order valence-corrected chi connectivity index (χ1v) is 6.43. The van der Waals surface area contributed by atoms with Gasteiger partial charge in [-0.25, -0.2) is 4.98 Å². The first-order chi connectivity index (χ1) is 10.1. The van der Waals surface area contributed by atoms with E-state index in [1.54, 1.807) is 36.7 Å². The number of aromatic nitrogens is 2. The highest BCUT2D eigenvalue weighted by Gasteiger charge is 2.08. The molecule has 2 amide bonds. The number of nitrogens with two attached hydrogens (primary N) is 1. The minimum absolute atomic E-state index is 0.0897. The Morgan fingerprint density at radius 1 is 1.24 bits per heavy atom. The monoisotopic (exact) mass is 287 g/mol. The van der Waals surface area contributed by atoms with Crippen LogP contribution >= 0.6 is 0 Å². The molecule has 2 rings (SSSR count). The number of nitrogens with one attached hydrogen (secondary N) is 2. The molecule has 0 aliphatic rings. The highest BCUT2D eigenvalue weighted by Crippen LogP contribution is 2.04. The zero-order chi connectivity index (χ0) is 15.2. The van der Waals surface area contributed by atoms with Gasteiger partial charge < -0.3 is 20.9 Å². The van der Waals surface area contributed by atoms with E-state index in [0.29, 0.717) is 17.8 Å². The maximum Gasteiger partial charge on any atom is 0.251 e. The van der Waals surface area contributed by atoms with Crippen molar-refractivity contribution in [3.63, 3.8) is 0 Å². The first kappa shape index (κ1) is 14.6. The predicted molar refractivity (Wildman–Crippen MR) is 78.2 cm³/mol. The molecule has 21 heavy (non-hydrogen) atoms.